The van der Waals surface area contributed by atoms with Crippen molar-refractivity contribution >= 4 is 17.7 Å². The number of nitro groups is 1. The first-order chi connectivity index (χ1) is 13.4. The Morgan fingerprint density at radius 3 is 2.75 bits per heavy atom. The summed E-state index contributed by atoms with van der Waals surface area (Å²) >= 11 is 0. The van der Waals surface area contributed by atoms with Crippen LogP contribution in [0.15, 0.2) is 60.7 Å². The molecule has 0 aliphatic carbocycles. The Morgan fingerprint density at radius 1 is 1.29 bits per heavy atom. The largest absolute Gasteiger partial charge is 0.491 e. The number of hydrogen-bond donors (Lipinski definition) is 0. The van der Waals surface area contributed by atoms with Crippen LogP contribution in [0.25, 0.3) is 6.08 Å². The zero-order chi connectivity index (χ0) is 20.1. The van der Waals surface area contributed by atoms with Crippen LogP contribution in [-0.4, -0.2) is 40.7 Å². The van der Waals surface area contributed by atoms with Gasteiger partial charge in [0, 0.05) is 12.1 Å². The van der Waals surface area contributed by atoms with E-state index in [0.29, 0.717) is 12.4 Å². The molecule has 1 aliphatic rings. The van der Waals surface area contributed by atoms with Crippen molar-refractivity contribution < 1.29 is 19.2 Å². The molecule has 1 heterocycles. The molecule has 1 amide bonds. The van der Waals surface area contributed by atoms with E-state index in [1.807, 2.05) is 44.2 Å². The summed E-state index contributed by atoms with van der Waals surface area (Å²) in [6.07, 6.45) is 3.28. The van der Waals surface area contributed by atoms with Gasteiger partial charge in [-0.25, -0.2) is 0 Å². The zero-order valence-corrected chi connectivity index (χ0v) is 15.8. The van der Waals surface area contributed by atoms with E-state index in [-0.39, 0.29) is 24.2 Å². The second-order valence-electron chi connectivity index (χ2n) is 6.93. The SMILES string of the molecule is CC1(C)OC[C@@H](COc2cccc([N+](=O)[O-])c2)N1C(=O)/C=C/c1ccccc1. The molecular formula is C21H22N2O5. The molecule has 2 aromatic carbocycles. The third-order valence-electron chi connectivity index (χ3n) is 4.50. The number of nitrogens with zero attached hydrogens (tertiary/aromatic N) is 2. The summed E-state index contributed by atoms with van der Waals surface area (Å²) in [7, 11) is 0. The Hall–Kier alpha value is -3.19. The predicted molar refractivity (Wildman–Crippen MR) is 105 cm³/mol. The zero-order valence-electron chi connectivity index (χ0n) is 15.8. The van der Waals surface area contributed by atoms with Gasteiger partial charge in [-0.1, -0.05) is 36.4 Å². The Morgan fingerprint density at radius 2 is 2.04 bits per heavy atom. The molecular weight excluding hydrogens is 360 g/mol. The van der Waals surface area contributed by atoms with E-state index in [1.165, 1.54) is 18.2 Å². The Kier molecular flexibility index (Phi) is 5.75. The number of non-ortho nitro benzene ring substituents is 1. The minimum atomic E-state index is -0.769. The molecule has 0 spiro atoms. The molecule has 28 heavy (non-hydrogen) atoms. The van der Waals surface area contributed by atoms with Crippen molar-refractivity contribution in [3.8, 4) is 5.75 Å². The lowest BCUT2D eigenvalue weighted by Crippen LogP contribution is -2.49. The number of hydrogen-bond acceptors (Lipinski definition) is 5. The van der Waals surface area contributed by atoms with Gasteiger partial charge in [-0.15, -0.1) is 0 Å². The summed E-state index contributed by atoms with van der Waals surface area (Å²) in [6.45, 7) is 4.16. The Labute approximate surface area is 163 Å². The lowest BCUT2D eigenvalue weighted by atomic mass is 10.1. The molecule has 1 saturated heterocycles. The van der Waals surface area contributed by atoms with E-state index in [1.54, 1.807) is 23.1 Å². The Bertz CT molecular complexity index is 879. The maximum absolute atomic E-state index is 12.8. The highest BCUT2D eigenvalue weighted by Gasteiger charge is 2.43. The first-order valence-corrected chi connectivity index (χ1v) is 8.94. The van der Waals surface area contributed by atoms with E-state index in [0.717, 1.165) is 5.56 Å². The van der Waals surface area contributed by atoms with Gasteiger partial charge in [0.2, 0.25) is 5.91 Å². The highest BCUT2D eigenvalue weighted by molar-refractivity contribution is 5.92. The van der Waals surface area contributed by atoms with Crippen LogP contribution in [0.5, 0.6) is 5.75 Å². The highest BCUT2D eigenvalue weighted by atomic mass is 16.6. The van der Waals surface area contributed by atoms with Crippen molar-refractivity contribution in [3.63, 3.8) is 0 Å². The van der Waals surface area contributed by atoms with Crippen LogP contribution in [0, 0.1) is 10.1 Å². The van der Waals surface area contributed by atoms with Crippen molar-refractivity contribution in [3.05, 3.63) is 76.4 Å². The van der Waals surface area contributed by atoms with Crippen LogP contribution >= 0.6 is 0 Å². The monoisotopic (exact) mass is 382 g/mol. The number of carbonyl (C=O) groups is 1. The summed E-state index contributed by atoms with van der Waals surface area (Å²) < 4.78 is 11.5. The Balaban J connectivity index is 1.70. The van der Waals surface area contributed by atoms with Crippen molar-refractivity contribution in [1.29, 1.82) is 0 Å². The first kappa shape index (κ1) is 19.6. The number of amides is 1. The molecule has 7 nitrogen and oxygen atoms in total. The normalized spacial score (nSPS) is 18.4. The lowest BCUT2D eigenvalue weighted by molar-refractivity contribution is -0.384. The van der Waals surface area contributed by atoms with Crippen molar-refractivity contribution in [1.82, 2.24) is 4.90 Å². The summed E-state index contributed by atoms with van der Waals surface area (Å²) in [4.78, 5) is 24.9. The second-order valence-corrected chi connectivity index (χ2v) is 6.93. The average Bonchev–Trinajstić information content (AvgIpc) is 3.00. The smallest absolute Gasteiger partial charge is 0.273 e. The van der Waals surface area contributed by atoms with Gasteiger partial charge >= 0.3 is 0 Å². The van der Waals surface area contributed by atoms with Gasteiger partial charge < -0.3 is 14.4 Å². The van der Waals surface area contributed by atoms with Crippen molar-refractivity contribution in [2.24, 2.45) is 0 Å². The van der Waals surface area contributed by atoms with E-state index in [4.69, 9.17) is 9.47 Å². The summed E-state index contributed by atoms with van der Waals surface area (Å²) in [5, 5.41) is 10.9. The van der Waals surface area contributed by atoms with E-state index >= 15 is 0 Å². The van der Waals surface area contributed by atoms with E-state index in [2.05, 4.69) is 0 Å². The van der Waals surface area contributed by atoms with Crippen LogP contribution in [0.3, 0.4) is 0 Å². The highest BCUT2D eigenvalue weighted by Crippen LogP contribution is 2.29. The number of benzene rings is 2. The molecule has 0 N–H and O–H groups in total. The van der Waals surface area contributed by atoms with Gasteiger partial charge in [0.05, 0.1) is 23.6 Å². The number of ether oxygens (including phenoxy) is 2. The molecule has 1 fully saturated rings. The second kappa shape index (κ2) is 8.22. The maximum Gasteiger partial charge on any atom is 0.273 e. The molecule has 0 radical (unpaired) electrons. The fraction of sp³-hybridized carbons (Fsp3) is 0.286. The topological polar surface area (TPSA) is 81.9 Å². The van der Waals surface area contributed by atoms with Crippen LogP contribution in [0.1, 0.15) is 19.4 Å². The lowest BCUT2D eigenvalue weighted by Gasteiger charge is -2.32. The number of carbonyl (C=O) groups excluding carboxylic acids is 1. The first-order valence-electron chi connectivity index (χ1n) is 8.94. The van der Waals surface area contributed by atoms with Crippen LogP contribution in [0.4, 0.5) is 5.69 Å². The minimum Gasteiger partial charge on any atom is -0.491 e. The van der Waals surface area contributed by atoms with Gasteiger partial charge in [-0.3, -0.25) is 14.9 Å². The predicted octanol–water partition coefficient (Wildman–Crippen LogP) is 3.65. The molecule has 0 aromatic heterocycles. The van der Waals surface area contributed by atoms with E-state index < -0.39 is 10.6 Å². The summed E-state index contributed by atoms with van der Waals surface area (Å²) in [5.74, 6) is 0.199. The molecule has 0 bridgehead atoms. The van der Waals surface area contributed by atoms with Gasteiger partial charge in [-0.2, -0.15) is 0 Å². The maximum atomic E-state index is 12.8. The molecule has 0 unspecified atom stereocenters. The van der Waals surface area contributed by atoms with Crippen LogP contribution in [-0.2, 0) is 9.53 Å². The fourth-order valence-electron chi connectivity index (χ4n) is 3.14. The fourth-order valence-corrected chi connectivity index (χ4v) is 3.14. The third-order valence-corrected chi connectivity index (χ3v) is 4.50. The molecule has 1 atom stereocenters. The number of nitro benzene ring substituents is 1. The molecule has 0 saturated carbocycles. The standard InChI is InChI=1S/C21H22N2O5/c1-21(2)22(20(24)12-11-16-7-4-3-5-8-16)18(15-28-21)14-27-19-10-6-9-17(13-19)23(25)26/h3-13,18H,14-15H2,1-2H3/b12-11+/t18-/m1/s1. The van der Waals surface area contributed by atoms with Crippen LogP contribution < -0.4 is 4.74 Å². The van der Waals surface area contributed by atoms with Crippen LogP contribution in [0.2, 0.25) is 0 Å². The molecule has 146 valence electrons. The summed E-state index contributed by atoms with van der Waals surface area (Å²) in [5.41, 5.74) is 0.117. The van der Waals surface area contributed by atoms with Gasteiger partial charge in [0.15, 0.2) is 0 Å². The molecule has 3 rings (SSSR count). The summed E-state index contributed by atoms with van der Waals surface area (Å²) in [6, 6.07) is 15.2. The van der Waals surface area contributed by atoms with Gasteiger partial charge in [0.1, 0.15) is 18.1 Å². The minimum absolute atomic E-state index is 0.0424. The van der Waals surface area contributed by atoms with E-state index in [9.17, 15) is 14.9 Å². The van der Waals surface area contributed by atoms with Crippen molar-refractivity contribution in [2.45, 2.75) is 25.6 Å². The average molecular weight is 382 g/mol. The molecule has 2 aromatic rings. The third kappa shape index (κ3) is 4.55. The van der Waals surface area contributed by atoms with Gasteiger partial charge in [0.25, 0.3) is 5.69 Å². The quantitative estimate of drug-likeness (QED) is 0.433. The molecule has 7 heteroatoms. The number of rotatable bonds is 6. The van der Waals surface area contributed by atoms with Gasteiger partial charge in [-0.05, 0) is 31.6 Å². The van der Waals surface area contributed by atoms with Crippen molar-refractivity contribution in [2.75, 3.05) is 13.2 Å². The molecule has 1 aliphatic heterocycles.